The Bertz CT molecular complexity index is 454. The third-order valence-electron chi connectivity index (χ3n) is 4.03. The summed E-state index contributed by atoms with van der Waals surface area (Å²) in [5.74, 6) is -0.132. The number of hydrogen-bond donors (Lipinski definition) is 2. The van der Waals surface area contributed by atoms with Gasteiger partial charge in [0.1, 0.15) is 5.82 Å². The van der Waals surface area contributed by atoms with Gasteiger partial charge in [0, 0.05) is 24.6 Å². The van der Waals surface area contributed by atoms with Gasteiger partial charge in [-0.15, -0.1) is 0 Å². The largest absolute Gasteiger partial charge is 0.352 e. The topological polar surface area (TPSA) is 55.1 Å². The summed E-state index contributed by atoms with van der Waals surface area (Å²) in [5, 5.41) is 2.86. The standard InChI is InChI=1S/C16H23FN2O/c17-15-9-12(10-18)7-8-14(15)11-19-16(20)13-5-3-1-2-4-6-13/h7-9,13H,1-6,10-11,18H2,(H,19,20). The van der Waals surface area contributed by atoms with Crippen molar-refractivity contribution in [1.82, 2.24) is 5.32 Å². The molecule has 3 nitrogen and oxygen atoms in total. The molecule has 1 fully saturated rings. The molecule has 0 aliphatic heterocycles. The Labute approximate surface area is 119 Å². The highest BCUT2D eigenvalue weighted by atomic mass is 19.1. The molecule has 3 N–H and O–H groups in total. The van der Waals surface area contributed by atoms with Gasteiger partial charge < -0.3 is 11.1 Å². The number of carbonyl (C=O) groups excluding carboxylic acids is 1. The van der Waals surface area contributed by atoms with Crippen LogP contribution in [0.3, 0.4) is 0 Å². The van der Waals surface area contributed by atoms with E-state index in [0.717, 1.165) is 31.2 Å². The van der Waals surface area contributed by atoms with Crippen LogP contribution < -0.4 is 11.1 Å². The molecule has 0 bridgehead atoms. The number of hydrogen-bond acceptors (Lipinski definition) is 2. The molecule has 1 amide bonds. The third kappa shape index (κ3) is 4.04. The number of carbonyl (C=O) groups is 1. The number of nitrogens with one attached hydrogen (secondary N) is 1. The Morgan fingerprint density at radius 3 is 2.55 bits per heavy atom. The maximum absolute atomic E-state index is 13.8. The van der Waals surface area contributed by atoms with E-state index in [1.165, 1.54) is 18.9 Å². The van der Waals surface area contributed by atoms with Gasteiger partial charge in [0.2, 0.25) is 5.91 Å². The lowest BCUT2D eigenvalue weighted by molar-refractivity contribution is -0.125. The molecule has 4 heteroatoms. The minimum absolute atomic E-state index is 0.0641. The molecule has 2 rings (SSSR count). The fourth-order valence-corrected chi connectivity index (χ4v) is 2.73. The van der Waals surface area contributed by atoms with Crippen molar-refractivity contribution in [2.24, 2.45) is 11.7 Å². The number of rotatable bonds is 4. The van der Waals surface area contributed by atoms with E-state index in [-0.39, 0.29) is 24.2 Å². The molecule has 1 aromatic rings. The van der Waals surface area contributed by atoms with Crippen LogP contribution in [-0.2, 0) is 17.9 Å². The van der Waals surface area contributed by atoms with Crippen LogP contribution in [0.25, 0.3) is 0 Å². The van der Waals surface area contributed by atoms with E-state index < -0.39 is 0 Å². The Hall–Kier alpha value is -1.42. The van der Waals surface area contributed by atoms with E-state index in [9.17, 15) is 9.18 Å². The molecule has 0 spiro atoms. The first kappa shape index (κ1) is 15.0. The summed E-state index contributed by atoms with van der Waals surface area (Å²) in [6.45, 7) is 0.581. The van der Waals surface area contributed by atoms with Gasteiger partial charge in [-0.2, -0.15) is 0 Å². The quantitative estimate of drug-likeness (QED) is 0.832. The summed E-state index contributed by atoms with van der Waals surface area (Å²) >= 11 is 0. The molecule has 20 heavy (non-hydrogen) atoms. The van der Waals surface area contributed by atoms with E-state index in [2.05, 4.69) is 5.32 Å². The monoisotopic (exact) mass is 278 g/mol. The first-order chi connectivity index (χ1) is 9.70. The maximum atomic E-state index is 13.8. The highest BCUT2D eigenvalue weighted by Crippen LogP contribution is 2.23. The van der Waals surface area contributed by atoms with E-state index >= 15 is 0 Å². The average molecular weight is 278 g/mol. The summed E-state index contributed by atoms with van der Waals surface area (Å²) in [7, 11) is 0. The highest BCUT2D eigenvalue weighted by Gasteiger charge is 2.19. The van der Waals surface area contributed by atoms with Crippen LogP contribution in [-0.4, -0.2) is 5.91 Å². The third-order valence-corrected chi connectivity index (χ3v) is 4.03. The normalized spacial score (nSPS) is 16.7. The maximum Gasteiger partial charge on any atom is 0.223 e. The fraction of sp³-hybridized carbons (Fsp3) is 0.562. The van der Waals surface area contributed by atoms with Crippen LogP contribution in [0.2, 0.25) is 0 Å². The predicted molar refractivity (Wildman–Crippen MR) is 77.3 cm³/mol. The zero-order valence-corrected chi connectivity index (χ0v) is 11.8. The summed E-state index contributed by atoms with van der Waals surface area (Å²) in [4.78, 5) is 12.1. The fourth-order valence-electron chi connectivity index (χ4n) is 2.73. The van der Waals surface area contributed by atoms with Gasteiger partial charge in [0.25, 0.3) is 0 Å². The van der Waals surface area contributed by atoms with Crippen molar-refractivity contribution < 1.29 is 9.18 Å². The summed E-state index contributed by atoms with van der Waals surface area (Å²) in [5.41, 5.74) is 6.75. The van der Waals surface area contributed by atoms with Gasteiger partial charge in [-0.3, -0.25) is 4.79 Å². The van der Waals surface area contributed by atoms with Crippen molar-refractivity contribution in [2.75, 3.05) is 0 Å². The number of amides is 1. The molecule has 110 valence electrons. The molecule has 0 saturated heterocycles. The predicted octanol–water partition coefficient (Wildman–Crippen LogP) is 2.87. The van der Waals surface area contributed by atoms with E-state index in [4.69, 9.17) is 5.73 Å². The van der Waals surface area contributed by atoms with Crippen molar-refractivity contribution in [3.8, 4) is 0 Å². The van der Waals surface area contributed by atoms with Crippen LogP contribution >= 0.6 is 0 Å². The molecule has 1 saturated carbocycles. The van der Waals surface area contributed by atoms with Crippen molar-refractivity contribution in [3.05, 3.63) is 35.1 Å². The zero-order chi connectivity index (χ0) is 14.4. The highest BCUT2D eigenvalue weighted by molar-refractivity contribution is 5.78. The Balaban J connectivity index is 1.89. The van der Waals surface area contributed by atoms with Gasteiger partial charge in [-0.25, -0.2) is 4.39 Å². The van der Waals surface area contributed by atoms with Gasteiger partial charge in [-0.05, 0) is 24.5 Å². The second-order valence-electron chi connectivity index (χ2n) is 5.54. The van der Waals surface area contributed by atoms with Gasteiger partial charge >= 0.3 is 0 Å². The summed E-state index contributed by atoms with van der Waals surface area (Å²) in [6, 6.07) is 4.94. The number of nitrogens with two attached hydrogens (primary N) is 1. The lowest BCUT2D eigenvalue weighted by Gasteiger charge is -2.14. The average Bonchev–Trinajstić information content (AvgIpc) is 2.74. The van der Waals surface area contributed by atoms with E-state index in [1.54, 1.807) is 12.1 Å². The lowest BCUT2D eigenvalue weighted by atomic mass is 9.99. The van der Waals surface area contributed by atoms with Crippen molar-refractivity contribution >= 4 is 5.91 Å². The minimum Gasteiger partial charge on any atom is -0.352 e. The first-order valence-corrected chi connectivity index (χ1v) is 7.46. The van der Waals surface area contributed by atoms with Crippen molar-refractivity contribution in [1.29, 1.82) is 0 Å². The summed E-state index contributed by atoms with van der Waals surface area (Å²) < 4.78 is 13.8. The molecular formula is C16H23FN2O. The molecule has 0 aromatic heterocycles. The smallest absolute Gasteiger partial charge is 0.223 e. The van der Waals surface area contributed by atoms with Crippen LogP contribution in [0, 0.1) is 11.7 Å². The molecule has 0 heterocycles. The minimum atomic E-state index is -0.297. The van der Waals surface area contributed by atoms with Gasteiger partial charge in [0.05, 0.1) is 0 Å². The van der Waals surface area contributed by atoms with Gasteiger partial charge in [0.15, 0.2) is 0 Å². The number of halogens is 1. The Kier molecular flexibility index (Phi) is 5.53. The molecule has 0 radical (unpaired) electrons. The van der Waals surface area contributed by atoms with E-state index in [0.29, 0.717) is 12.1 Å². The lowest BCUT2D eigenvalue weighted by Crippen LogP contribution is -2.30. The van der Waals surface area contributed by atoms with Crippen LogP contribution in [0.5, 0.6) is 0 Å². The van der Waals surface area contributed by atoms with Crippen LogP contribution in [0.15, 0.2) is 18.2 Å². The second kappa shape index (κ2) is 7.39. The first-order valence-electron chi connectivity index (χ1n) is 7.46. The second-order valence-corrected chi connectivity index (χ2v) is 5.54. The van der Waals surface area contributed by atoms with E-state index in [1.807, 2.05) is 0 Å². The Morgan fingerprint density at radius 2 is 1.95 bits per heavy atom. The van der Waals surface area contributed by atoms with Crippen molar-refractivity contribution in [2.45, 2.75) is 51.6 Å². The van der Waals surface area contributed by atoms with Crippen molar-refractivity contribution in [3.63, 3.8) is 0 Å². The van der Waals surface area contributed by atoms with Crippen LogP contribution in [0.4, 0.5) is 4.39 Å². The molecular weight excluding hydrogens is 255 g/mol. The summed E-state index contributed by atoms with van der Waals surface area (Å²) in [6.07, 6.45) is 6.61. The molecule has 0 unspecified atom stereocenters. The Morgan fingerprint density at radius 1 is 1.25 bits per heavy atom. The zero-order valence-electron chi connectivity index (χ0n) is 11.8. The molecule has 1 aromatic carbocycles. The van der Waals surface area contributed by atoms with Crippen LogP contribution in [0.1, 0.15) is 49.7 Å². The molecule has 1 aliphatic rings. The number of benzene rings is 1. The molecule has 0 atom stereocenters. The SMILES string of the molecule is NCc1ccc(CNC(=O)C2CCCCCC2)c(F)c1. The van der Waals surface area contributed by atoms with Gasteiger partial charge in [-0.1, -0.05) is 37.8 Å². The molecule has 1 aliphatic carbocycles.